The molecule has 0 saturated carbocycles. The first-order valence-electron chi connectivity index (χ1n) is 11.2. The number of hydrogen-bond acceptors (Lipinski definition) is 5. The van der Waals surface area contributed by atoms with E-state index in [9.17, 15) is 9.59 Å². The first-order valence-corrected chi connectivity index (χ1v) is 12.1. The van der Waals surface area contributed by atoms with Crippen LogP contribution >= 0.6 is 11.3 Å². The van der Waals surface area contributed by atoms with Crippen molar-refractivity contribution in [3.63, 3.8) is 0 Å². The summed E-state index contributed by atoms with van der Waals surface area (Å²) >= 11 is 1.86. The molecular weight excluding hydrogens is 410 g/mol. The zero-order valence-electron chi connectivity index (χ0n) is 18.2. The zero-order valence-corrected chi connectivity index (χ0v) is 19.0. The number of aromatic nitrogens is 3. The van der Waals surface area contributed by atoms with Gasteiger partial charge in [0.05, 0.1) is 29.5 Å². The molecule has 1 saturated heterocycles. The third kappa shape index (κ3) is 3.83. The zero-order chi connectivity index (χ0) is 21.5. The van der Waals surface area contributed by atoms with Crippen LogP contribution in [0.4, 0.5) is 0 Å². The molecule has 0 bridgehead atoms. The van der Waals surface area contributed by atoms with E-state index in [0.29, 0.717) is 37.1 Å². The first-order chi connectivity index (χ1) is 15.0. The average molecular weight is 440 g/mol. The highest BCUT2D eigenvalue weighted by Crippen LogP contribution is 2.33. The van der Waals surface area contributed by atoms with Gasteiger partial charge < -0.3 is 4.90 Å². The van der Waals surface area contributed by atoms with Crippen molar-refractivity contribution in [3.8, 4) is 0 Å². The molecule has 5 rings (SSSR count). The Morgan fingerprint density at radius 2 is 2.16 bits per heavy atom. The molecule has 0 radical (unpaired) electrons. The fraction of sp³-hybridized carbons (Fsp3) is 0.522. The summed E-state index contributed by atoms with van der Waals surface area (Å²) < 4.78 is 1.58. The van der Waals surface area contributed by atoms with E-state index in [2.05, 4.69) is 29.1 Å². The summed E-state index contributed by atoms with van der Waals surface area (Å²) in [5.74, 6) is 0.0870. The number of likely N-dealkylation sites (tertiary alicyclic amines) is 1. The molecule has 0 aromatic carbocycles. The molecule has 1 amide bonds. The minimum Gasteiger partial charge on any atom is -0.338 e. The smallest absolute Gasteiger partial charge is 0.277 e. The molecule has 0 aliphatic carbocycles. The van der Waals surface area contributed by atoms with Crippen LogP contribution in [0.25, 0.3) is 5.65 Å². The molecule has 1 fully saturated rings. The summed E-state index contributed by atoms with van der Waals surface area (Å²) in [7, 11) is 0. The number of thiophene rings is 1. The van der Waals surface area contributed by atoms with E-state index in [1.807, 2.05) is 24.3 Å². The molecule has 5 heterocycles. The van der Waals surface area contributed by atoms with Crippen LogP contribution in [0.3, 0.4) is 0 Å². The van der Waals surface area contributed by atoms with Gasteiger partial charge in [0.2, 0.25) is 5.91 Å². The lowest BCUT2D eigenvalue weighted by molar-refractivity contribution is -0.131. The predicted molar refractivity (Wildman–Crippen MR) is 121 cm³/mol. The van der Waals surface area contributed by atoms with Crippen molar-refractivity contribution in [1.29, 1.82) is 0 Å². The van der Waals surface area contributed by atoms with Crippen molar-refractivity contribution in [2.24, 2.45) is 0 Å². The topological polar surface area (TPSA) is 73.7 Å². The molecule has 1 atom stereocenters. The summed E-state index contributed by atoms with van der Waals surface area (Å²) in [4.78, 5) is 37.2. The van der Waals surface area contributed by atoms with Crippen molar-refractivity contribution in [1.82, 2.24) is 24.4 Å². The van der Waals surface area contributed by atoms with Gasteiger partial charge in [-0.3, -0.25) is 19.6 Å². The normalized spacial score (nSPS) is 19.7. The predicted octanol–water partition coefficient (Wildman–Crippen LogP) is 3.41. The molecule has 3 aromatic rings. The van der Waals surface area contributed by atoms with Crippen LogP contribution in [-0.2, 0) is 24.3 Å². The van der Waals surface area contributed by atoms with Crippen molar-refractivity contribution in [2.75, 3.05) is 13.1 Å². The SMILES string of the molecule is CCC(=O)N1CCc2nc3cc([C@@H]4CCCCN4Cc4ccc(C)s4)[nH]n3c(=O)c2C1. The van der Waals surface area contributed by atoms with E-state index >= 15 is 0 Å². The number of nitrogens with zero attached hydrogens (tertiary/aromatic N) is 4. The van der Waals surface area contributed by atoms with E-state index in [1.165, 1.54) is 22.6 Å². The van der Waals surface area contributed by atoms with Crippen LogP contribution in [0.5, 0.6) is 0 Å². The molecule has 1 N–H and O–H groups in total. The number of amides is 1. The van der Waals surface area contributed by atoms with Crippen molar-refractivity contribution in [2.45, 2.75) is 65.1 Å². The number of aryl methyl sites for hydroxylation is 1. The Bertz CT molecular complexity index is 1180. The summed E-state index contributed by atoms with van der Waals surface area (Å²) in [6.07, 6.45) is 4.56. The van der Waals surface area contributed by atoms with Gasteiger partial charge in [-0.1, -0.05) is 13.3 Å². The minimum atomic E-state index is -0.0731. The number of carbonyl (C=O) groups is 1. The Labute approximate surface area is 185 Å². The third-order valence-corrected chi connectivity index (χ3v) is 7.55. The Kier molecular flexibility index (Phi) is 5.44. The number of rotatable bonds is 4. The van der Waals surface area contributed by atoms with Gasteiger partial charge in [-0.05, 0) is 38.4 Å². The lowest BCUT2D eigenvalue weighted by Gasteiger charge is -2.34. The average Bonchev–Trinajstić information content (AvgIpc) is 3.39. The lowest BCUT2D eigenvalue weighted by Crippen LogP contribution is -2.40. The standard InChI is InChI=1S/C23H29N5O2S/c1-3-22(29)27-11-9-18-17(14-27)23(30)28-21(24-18)12-19(25-28)20-6-4-5-10-26(20)13-16-8-7-15(2)31-16/h7-8,12,20,25H,3-6,9-11,13-14H2,1-2H3/t20-/m0/s1. The van der Waals surface area contributed by atoms with Crippen LogP contribution in [0.2, 0.25) is 0 Å². The Balaban J connectivity index is 1.47. The van der Waals surface area contributed by atoms with Crippen LogP contribution < -0.4 is 5.56 Å². The summed E-state index contributed by atoms with van der Waals surface area (Å²) in [5, 5.41) is 3.36. The number of hydrogen-bond donors (Lipinski definition) is 1. The van der Waals surface area contributed by atoms with E-state index < -0.39 is 0 Å². The van der Waals surface area contributed by atoms with Gasteiger partial charge in [0.15, 0.2) is 5.65 Å². The van der Waals surface area contributed by atoms with E-state index in [0.717, 1.165) is 30.9 Å². The highest BCUT2D eigenvalue weighted by Gasteiger charge is 2.28. The minimum absolute atomic E-state index is 0.0731. The maximum absolute atomic E-state index is 13.2. The van der Waals surface area contributed by atoms with Gasteiger partial charge in [0.1, 0.15) is 0 Å². The van der Waals surface area contributed by atoms with Gasteiger partial charge >= 0.3 is 0 Å². The van der Waals surface area contributed by atoms with Crippen molar-refractivity contribution < 1.29 is 4.79 Å². The molecule has 2 aliphatic heterocycles. The third-order valence-electron chi connectivity index (χ3n) is 6.56. The van der Waals surface area contributed by atoms with Crippen LogP contribution in [-0.4, -0.2) is 43.4 Å². The highest BCUT2D eigenvalue weighted by atomic mass is 32.1. The maximum Gasteiger partial charge on any atom is 0.277 e. The fourth-order valence-corrected chi connectivity index (χ4v) is 5.83. The fourth-order valence-electron chi connectivity index (χ4n) is 4.91. The Morgan fingerprint density at radius 3 is 2.94 bits per heavy atom. The quantitative estimate of drug-likeness (QED) is 0.676. The number of piperidine rings is 1. The second-order valence-electron chi connectivity index (χ2n) is 8.66. The highest BCUT2D eigenvalue weighted by molar-refractivity contribution is 7.11. The lowest BCUT2D eigenvalue weighted by atomic mass is 9.99. The number of aromatic amines is 1. The van der Waals surface area contributed by atoms with Gasteiger partial charge in [-0.2, -0.15) is 0 Å². The summed E-state index contributed by atoms with van der Waals surface area (Å²) in [5.41, 5.74) is 3.16. The number of nitrogens with one attached hydrogen (secondary N) is 1. The first kappa shape index (κ1) is 20.5. The van der Waals surface area contributed by atoms with Crippen molar-refractivity contribution in [3.05, 3.63) is 55.3 Å². The van der Waals surface area contributed by atoms with E-state index in [1.54, 1.807) is 9.42 Å². The van der Waals surface area contributed by atoms with Gasteiger partial charge in [0.25, 0.3) is 5.56 Å². The molecule has 3 aromatic heterocycles. The molecular formula is C23H29N5O2S. The van der Waals surface area contributed by atoms with E-state index in [4.69, 9.17) is 4.98 Å². The monoisotopic (exact) mass is 439 g/mol. The summed E-state index contributed by atoms with van der Waals surface area (Å²) in [6.45, 7) is 7.00. The van der Waals surface area contributed by atoms with Crippen LogP contribution in [0.15, 0.2) is 23.0 Å². The Morgan fingerprint density at radius 1 is 1.29 bits per heavy atom. The molecule has 31 heavy (non-hydrogen) atoms. The number of fused-ring (bicyclic) bond motifs is 2. The van der Waals surface area contributed by atoms with Crippen LogP contribution in [0.1, 0.15) is 65.4 Å². The molecule has 2 aliphatic rings. The summed E-state index contributed by atoms with van der Waals surface area (Å²) in [6, 6.07) is 6.71. The second kappa shape index (κ2) is 8.24. The number of carbonyl (C=O) groups excluding carboxylic acids is 1. The molecule has 164 valence electrons. The van der Waals surface area contributed by atoms with E-state index in [-0.39, 0.29) is 17.5 Å². The second-order valence-corrected chi connectivity index (χ2v) is 10.0. The van der Waals surface area contributed by atoms with Gasteiger partial charge in [-0.15, -0.1) is 11.3 Å². The molecule has 0 unspecified atom stereocenters. The largest absolute Gasteiger partial charge is 0.338 e. The van der Waals surface area contributed by atoms with Crippen molar-refractivity contribution >= 4 is 22.9 Å². The molecule has 7 nitrogen and oxygen atoms in total. The maximum atomic E-state index is 13.2. The van der Waals surface area contributed by atoms with Crippen LogP contribution in [0, 0.1) is 6.92 Å². The Hall–Kier alpha value is -2.45. The molecule has 0 spiro atoms. The number of H-pyrrole nitrogens is 1. The molecule has 8 heteroatoms. The van der Waals surface area contributed by atoms with Gasteiger partial charge in [0, 0.05) is 41.8 Å². The van der Waals surface area contributed by atoms with Gasteiger partial charge in [-0.25, -0.2) is 9.50 Å².